The molecule has 0 bridgehead atoms. The number of imidazole rings is 1. The molecule has 0 spiro atoms. The molecule has 1 N–H and O–H groups in total. The summed E-state index contributed by atoms with van der Waals surface area (Å²) < 4.78 is 0. The lowest BCUT2D eigenvalue weighted by Gasteiger charge is -2.02. The molecule has 1 aliphatic rings. The second-order valence-electron chi connectivity index (χ2n) is 3.67. The van der Waals surface area contributed by atoms with Crippen LogP contribution in [0.15, 0.2) is 18.5 Å². The molecule has 2 aromatic rings. The van der Waals surface area contributed by atoms with E-state index in [1.165, 1.54) is 11.1 Å². The zero-order valence-corrected chi connectivity index (χ0v) is 7.54. The Kier molecular flexibility index (Phi) is 1.27. The van der Waals surface area contributed by atoms with Gasteiger partial charge in [-0.3, -0.25) is 4.90 Å². The predicted molar refractivity (Wildman–Crippen MR) is 51.3 cm³/mol. The van der Waals surface area contributed by atoms with E-state index in [0.717, 1.165) is 24.1 Å². The molecule has 2 heterocycles. The van der Waals surface area contributed by atoms with Gasteiger partial charge in [-0.15, -0.1) is 0 Å². The summed E-state index contributed by atoms with van der Waals surface area (Å²) in [6.07, 6.45) is 1.77. The van der Waals surface area contributed by atoms with Crippen molar-refractivity contribution >= 4 is 11.0 Å². The van der Waals surface area contributed by atoms with E-state index in [0.29, 0.717) is 0 Å². The summed E-state index contributed by atoms with van der Waals surface area (Å²) in [5, 5.41) is 0. The molecule has 1 aromatic carbocycles. The number of nitrogens with one attached hydrogen (secondary N) is 1. The van der Waals surface area contributed by atoms with Crippen LogP contribution in [0.4, 0.5) is 0 Å². The van der Waals surface area contributed by atoms with Gasteiger partial charge in [-0.1, -0.05) is 6.07 Å². The molecule has 0 fully saturated rings. The molecule has 1 aromatic heterocycles. The van der Waals surface area contributed by atoms with Crippen LogP contribution in [-0.2, 0) is 13.1 Å². The lowest BCUT2D eigenvalue weighted by Crippen LogP contribution is -2.07. The van der Waals surface area contributed by atoms with Crippen molar-refractivity contribution in [2.75, 3.05) is 7.05 Å². The minimum Gasteiger partial charge on any atom is -0.345 e. The Labute approximate surface area is 76.4 Å². The SMILES string of the molecule is CN1Cc2ccc3[nH]cnc3c2C1. The molecule has 0 atom stereocenters. The number of benzene rings is 1. The fourth-order valence-corrected chi connectivity index (χ4v) is 2.05. The van der Waals surface area contributed by atoms with Gasteiger partial charge in [0, 0.05) is 13.1 Å². The molecule has 3 heteroatoms. The van der Waals surface area contributed by atoms with E-state index in [2.05, 4.69) is 34.0 Å². The molecular weight excluding hydrogens is 162 g/mol. The van der Waals surface area contributed by atoms with E-state index in [1.807, 2.05) is 0 Å². The molecule has 0 radical (unpaired) electrons. The molecule has 0 saturated heterocycles. The van der Waals surface area contributed by atoms with E-state index in [1.54, 1.807) is 6.33 Å². The zero-order valence-electron chi connectivity index (χ0n) is 7.54. The van der Waals surface area contributed by atoms with Crippen LogP contribution in [-0.4, -0.2) is 21.9 Å². The van der Waals surface area contributed by atoms with Crippen LogP contribution in [0.5, 0.6) is 0 Å². The topological polar surface area (TPSA) is 31.9 Å². The van der Waals surface area contributed by atoms with Gasteiger partial charge in [0.05, 0.1) is 17.4 Å². The van der Waals surface area contributed by atoms with Gasteiger partial charge in [-0.25, -0.2) is 4.98 Å². The van der Waals surface area contributed by atoms with Crippen molar-refractivity contribution in [2.24, 2.45) is 0 Å². The van der Waals surface area contributed by atoms with Crippen molar-refractivity contribution in [3.8, 4) is 0 Å². The highest BCUT2D eigenvalue weighted by Crippen LogP contribution is 2.27. The zero-order chi connectivity index (χ0) is 8.84. The number of rotatable bonds is 0. The van der Waals surface area contributed by atoms with Crippen molar-refractivity contribution in [2.45, 2.75) is 13.1 Å². The van der Waals surface area contributed by atoms with Crippen LogP contribution in [0.3, 0.4) is 0 Å². The molecule has 0 aliphatic carbocycles. The third-order valence-electron chi connectivity index (χ3n) is 2.66. The van der Waals surface area contributed by atoms with Gasteiger partial charge in [0.15, 0.2) is 0 Å². The first-order chi connectivity index (χ1) is 6.34. The largest absolute Gasteiger partial charge is 0.345 e. The first-order valence-corrected chi connectivity index (χ1v) is 4.47. The van der Waals surface area contributed by atoms with Gasteiger partial charge < -0.3 is 4.98 Å². The van der Waals surface area contributed by atoms with Crippen molar-refractivity contribution < 1.29 is 0 Å². The molecule has 3 rings (SSSR count). The summed E-state index contributed by atoms with van der Waals surface area (Å²) in [6, 6.07) is 4.31. The second kappa shape index (κ2) is 2.33. The average Bonchev–Trinajstić information content (AvgIpc) is 2.65. The number of aromatic nitrogens is 2. The smallest absolute Gasteiger partial charge is 0.0932 e. The molecule has 0 unspecified atom stereocenters. The molecular formula is C10H11N3. The quantitative estimate of drug-likeness (QED) is 0.654. The number of H-pyrrole nitrogens is 1. The minimum atomic E-state index is 1.03. The van der Waals surface area contributed by atoms with Crippen LogP contribution in [0.2, 0.25) is 0 Å². The highest BCUT2D eigenvalue weighted by atomic mass is 15.1. The van der Waals surface area contributed by atoms with E-state index < -0.39 is 0 Å². The van der Waals surface area contributed by atoms with Crippen LogP contribution >= 0.6 is 0 Å². The van der Waals surface area contributed by atoms with E-state index in [-0.39, 0.29) is 0 Å². The monoisotopic (exact) mass is 173 g/mol. The second-order valence-corrected chi connectivity index (χ2v) is 3.67. The van der Waals surface area contributed by atoms with E-state index >= 15 is 0 Å². The third kappa shape index (κ3) is 0.906. The molecule has 0 amide bonds. The maximum absolute atomic E-state index is 4.34. The predicted octanol–water partition coefficient (Wildman–Crippen LogP) is 1.51. The summed E-state index contributed by atoms with van der Waals surface area (Å²) >= 11 is 0. The molecule has 1 aliphatic heterocycles. The van der Waals surface area contributed by atoms with Crippen LogP contribution in [0, 0.1) is 0 Å². The fraction of sp³-hybridized carbons (Fsp3) is 0.300. The Morgan fingerprint density at radius 1 is 1.38 bits per heavy atom. The number of aromatic amines is 1. The van der Waals surface area contributed by atoms with Gasteiger partial charge in [-0.2, -0.15) is 0 Å². The summed E-state index contributed by atoms with van der Waals surface area (Å²) in [5.74, 6) is 0. The minimum absolute atomic E-state index is 1.03. The van der Waals surface area contributed by atoms with Gasteiger partial charge in [-0.05, 0) is 24.2 Å². The molecule has 3 nitrogen and oxygen atoms in total. The maximum Gasteiger partial charge on any atom is 0.0932 e. The van der Waals surface area contributed by atoms with Gasteiger partial charge >= 0.3 is 0 Å². The summed E-state index contributed by atoms with van der Waals surface area (Å²) in [7, 11) is 2.14. The van der Waals surface area contributed by atoms with Gasteiger partial charge in [0.25, 0.3) is 0 Å². The number of hydrogen-bond donors (Lipinski definition) is 1. The lowest BCUT2D eigenvalue weighted by atomic mass is 10.1. The van der Waals surface area contributed by atoms with Gasteiger partial charge in [0.1, 0.15) is 0 Å². The van der Waals surface area contributed by atoms with Crippen molar-refractivity contribution in [3.63, 3.8) is 0 Å². The lowest BCUT2D eigenvalue weighted by molar-refractivity contribution is 0.353. The van der Waals surface area contributed by atoms with Crippen molar-refractivity contribution in [1.82, 2.24) is 14.9 Å². The normalized spacial score (nSPS) is 16.7. The first-order valence-electron chi connectivity index (χ1n) is 4.47. The molecule has 13 heavy (non-hydrogen) atoms. The standard InChI is InChI=1S/C10H11N3/c1-13-4-7-2-3-9-10(8(7)5-13)12-6-11-9/h2-3,6H,4-5H2,1H3,(H,11,12). The Bertz CT molecular complexity index is 458. The van der Waals surface area contributed by atoms with Crippen LogP contribution in [0.1, 0.15) is 11.1 Å². The number of nitrogens with zero attached hydrogens (tertiary/aromatic N) is 2. The Morgan fingerprint density at radius 2 is 2.31 bits per heavy atom. The van der Waals surface area contributed by atoms with Crippen LogP contribution in [0.25, 0.3) is 11.0 Å². The number of fused-ring (bicyclic) bond motifs is 3. The van der Waals surface area contributed by atoms with E-state index in [4.69, 9.17) is 0 Å². The average molecular weight is 173 g/mol. The Balaban J connectivity index is 2.34. The third-order valence-corrected chi connectivity index (χ3v) is 2.66. The van der Waals surface area contributed by atoms with E-state index in [9.17, 15) is 0 Å². The van der Waals surface area contributed by atoms with Gasteiger partial charge in [0.2, 0.25) is 0 Å². The molecule has 66 valence electrons. The fourth-order valence-electron chi connectivity index (χ4n) is 2.05. The summed E-state index contributed by atoms with van der Waals surface area (Å²) in [4.78, 5) is 9.78. The maximum atomic E-state index is 4.34. The Morgan fingerprint density at radius 3 is 3.23 bits per heavy atom. The summed E-state index contributed by atoms with van der Waals surface area (Å²) in [6.45, 7) is 2.08. The van der Waals surface area contributed by atoms with Crippen molar-refractivity contribution in [1.29, 1.82) is 0 Å². The summed E-state index contributed by atoms with van der Waals surface area (Å²) in [5.41, 5.74) is 5.10. The number of hydrogen-bond acceptors (Lipinski definition) is 2. The highest BCUT2D eigenvalue weighted by molar-refractivity contribution is 5.80. The van der Waals surface area contributed by atoms with Crippen LogP contribution < -0.4 is 0 Å². The van der Waals surface area contributed by atoms with Crippen molar-refractivity contribution in [3.05, 3.63) is 29.6 Å². The Hall–Kier alpha value is -1.35. The highest BCUT2D eigenvalue weighted by Gasteiger charge is 2.18. The first kappa shape index (κ1) is 7.09. The molecule has 0 saturated carbocycles.